The molecule has 8 heteroatoms. The second-order valence-electron chi connectivity index (χ2n) is 8.24. The quantitative estimate of drug-likeness (QED) is 0.153. The predicted molar refractivity (Wildman–Crippen MR) is 135 cm³/mol. The zero-order valence-electron chi connectivity index (χ0n) is 19.9. The summed E-state index contributed by atoms with van der Waals surface area (Å²) in [4.78, 5) is 35.7. The molecule has 1 aromatic carbocycles. The lowest BCUT2D eigenvalue weighted by Crippen LogP contribution is -2.23. The number of fused-ring (bicyclic) bond motifs is 1. The number of aryl methyl sites for hydroxylation is 2. The molecule has 0 saturated heterocycles. The highest BCUT2D eigenvalue weighted by molar-refractivity contribution is 7.99. The van der Waals surface area contributed by atoms with Crippen LogP contribution >= 0.6 is 11.8 Å². The summed E-state index contributed by atoms with van der Waals surface area (Å²) in [7, 11) is 1.69. The number of ether oxygens (including phenoxy) is 1. The molecule has 0 aliphatic heterocycles. The zero-order valence-corrected chi connectivity index (χ0v) is 20.7. The molecule has 0 bridgehead atoms. The first-order chi connectivity index (χ1) is 16.4. The molecule has 34 heavy (non-hydrogen) atoms. The van der Waals surface area contributed by atoms with E-state index in [0.717, 1.165) is 29.9 Å². The van der Waals surface area contributed by atoms with E-state index in [4.69, 9.17) is 9.72 Å². The standard InChI is InChI=1S/C26H28N4O3S/c1-17-10-11-27-24(14-17)30-25(32)20-8-5-6-9-22(20)28-26(30)34-16-23(31)21-15-18(2)29(19(21)3)12-7-13-33-4/h5-6,8-11,14-15H,7,12-13,16H2,1-4H3. The molecule has 0 fully saturated rings. The number of hydrogen-bond acceptors (Lipinski definition) is 6. The minimum absolute atomic E-state index is 0.00208. The molecule has 3 aromatic heterocycles. The van der Waals surface area contributed by atoms with Crippen molar-refractivity contribution in [1.82, 2.24) is 19.1 Å². The Kier molecular flexibility index (Phi) is 7.29. The van der Waals surface area contributed by atoms with E-state index in [9.17, 15) is 9.59 Å². The number of ketones is 1. The van der Waals surface area contributed by atoms with Gasteiger partial charge in [-0.05, 0) is 63.1 Å². The molecular formula is C26H28N4O3S. The van der Waals surface area contributed by atoms with Gasteiger partial charge in [0.2, 0.25) is 0 Å². The lowest BCUT2D eigenvalue weighted by Gasteiger charge is -2.13. The number of rotatable bonds is 9. The number of methoxy groups -OCH3 is 1. The molecule has 0 radical (unpaired) electrons. The van der Waals surface area contributed by atoms with Crippen LogP contribution in [0.2, 0.25) is 0 Å². The fourth-order valence-corrected chi connectivity index (χ4v) is 4.94. The molecule has 0 saturated carbocycles. The Morgan fingerprint density at radius 3 is 2.68 bits per heavy atom. The van der Waals surface area contributed by atoms with E-state index in [1.54, 1.807) is 19.4 Å². The molecule has 0 amide bonds. The molecule has 4 rings (SSSR count). The lowest BCUT2D eigenvalue weighted by molar-refractivity contribution is 0.102. The Bertz CT molecular complexity index is 1410. The molecule has 0 aliphatic carbocycles. The first-order valence-corrected chi connectivity index (χ1v) is 12.2. The molecular weight excluding hydrogens is 448 g/mol. The molecule has 176 valence electrons. The highest BCUT2D eigenvalue weighted by Gasteiger charge is 2.19. The maximum Gasteiger partial charge on any atom is 0.267 e. The third kappa shape index (κ3) is 4.83. The van der Waals surface area contributed by atoms with Crippen molar-refractivity contribution in [2.24, 2.45) is 0 Å². The van der Waals surface area contributed by atoms with Gasteiger partial charge in [0.25, 0.3) is 5.56 Å². The maximum atomic E-state index is 13.4. The van der Waals surface area contributed by atoms with E-state index in [-0.39, 0.29) is 17.1 Å². The monoisotopic (exact) mass is 476 g/mol. The number of hydrogen-bond donors (Lipinski definition) is 0. The number of para-hydroxylation sites is 1. The molecule has 0 unspecified atom stereocenters. The minimum Gasteiger partial charge on any atom is -0.385 e. The first kappa shape index (κ1) is 23.9. The Hall–Kier alpha value is -3.23. The van der Waals surface area contributed by atoms with Crippen LogP contribution in [-0.2, 0) is 11.3 Å². The number of pyridine rings is 1. The summed E-state index contributed by atoms with van der Waals surface area (Å²) in [5.74, 6) is 0.663. The van der Waals surface area contributed by atoms with Crippen molar-refractivity contribution in [3.63, 3.8) is 0 Å². The summed E-state index contributed by atoms with van der Waals surface area (Å²) in [5.41, 5.74) is 4.08. The summed E-state index contributed by atoms with van der Waals surface area (Å²) in [6.45, 7) is 7.41. The Morgan fingerprint density at radius 1 is 1.12 bits per heavy atom. The van der Waals surface area contributed by atoms with Gasteiger partial charge in [-0.1, -0.05) is 23.9 Å². The van der Waals surface area contributed by atoms with Crippen molar-refractivity contribution in [2.75, 3.05) is 19.5 Å². The lowest BCUT2D eigenvalue weighted by atomic mass is 10.2. The molecule has 0 atom stereocenters. The number of thioether (sulfide) groups is 1. The van der Waals surface area contributed by atoms with E-state index in [0.29, 0.717) is 34.0 Å². The normalized spacial score (nSPS) is 11.3. The third-order valence-corrected chi connectivity index (χ3v) is 6.75. The van der Waals surface area contributed by atoms with Crippen LogP contribution in [0.5, 0.6) is 0 Å². The van der Waals surface area contributed by atoms with Gasteiger partial charge in [-0.15, -0.1) is 0 Å². The molecule has 0 aliphatic rings. The van der Waals surface area contributed by atoms with E-state index >= 15 is 0 Å². The van der Waals surface area contributed by atoms with Crippen molar-refractivity contribution in [3.8, 4) is 5.82 Å². The van der Waals surface area contributed by atoms with Crippen molar-refractivity contribution in [2.45, 2.75) is 38.9 Å². The largest absolute Gasteiger partial charge is 0.385 e. The minimum atomic E-state index is -0.199. The van der Waals surface area contributed by atoms with Crippen LogP contribution in [0.25, 0.3) is 16.7 Å². The summed E-state index contributed by atoms with van der Waals surface area (Å²) >= 11 is 1.26. The zero-order chi connectivity index (χ0) is 24.2. The van der Waals surface area contributed by atoms with Gasteiger partial charge in [0.15, 0.2) is 10.9 Å². The Labute approximate surface area is 202 Å². The first-order valence-electron chi connectivity index (χ1n) is 11.2. The van der Waals surface area contributed by atoms with Gasteiger partial charge in [0.05, 0.1) is 16.7 Å². The van der Waals surface area contributed by atoms with E-state index < -0.39 is 0 Å². The van der Waals surface area contributed by atoms with Crippen molar-refractivity contribution in [1.29, 1.82) is 0 Å². The molecule has 4 aromatic rings. The van der Waals surface area contributed by atoms with E-state index in [1.807, 2.05) is 57.2 Å². The highest BCUT2D eigenvalue weighted by Crippen LogP contribution is 2.24. The topological polar surface area (TPSA) is 79.0 Å². The average molecular weight is 477 g/mol. The summed E-state index contributed by atoms with van der Waals surface area (Å²) in [6.07, 6.45) is 2.55. The molecule has 0 N–H and O–H groups in total. The Balaban J connectivity index is 1.66. The molecule has 0 spiro atoms. The summed E-state index contributed by atoms with van der Waals surface area (Å²) in [6, 6.07) is 12.9. The van der Waals surface area contributed by atoms with E-state index in [1.165, 1.54) is 16.3 Å². The van der Waals surface area contributed by atoms with Gasteiger partial charge >= 0.3 is 0 Å². The SMILES string of the molecule is COCCCn1c(C)cc(C(=O)CSc2nc3ccccc3c(=O)n2-c2cc(C)ccn2)c1C. The summed E-state index contributed by atoms with van der Waals surface area (Å²) in [5, 5.41) is 0.963. The maximum absolute atomic E-state index is 13.4. The van der Waals surface area contributed by atoms with Gasteiger partial charge in [0.1, 0.15) is 5.82 Å². The Morgan fingerprint density at radius 2 is 1.91 bits per heavy atom. The fraction of sp³-hybridized carbons (Fsp3) is 0.308. The second kappa shape index (κ2) is 10.4. The van der Waals surface area contributed by atoms with Crippen LogP contribution < -0.4 is 5.56 Å². The van der Waals surface area contributed by atoms with Crippen molar-refractivity contribution < 1.29 is 9.53 Å². The molecule has 3 heterocycles. The number of carbonyl (C=O) groups is 1. The van der Waals surface area contributed by atoms with Crippen molar-refractivity contribution in [3.05, 3.63) is 81.5 Å². The number of aromatic nitrogens is 4. The predicted octanol–water partition coefficient (Wildman–Crippen LogP) is 4.52. The van der Waals surface area contributed by atoms with Gasteiger partial charge in [-0.3, -0.25) is 9.59 Å². The van der Waals surface area contributed by atoms with Gasteiger partial charge < -0.3 is 9.30 Å². The molecule has 7 nitrogen and oxygen atoms in total. The second-order valence-corrected chi connectivity index (χ2v) is 9.18. The van der Waals surface area contributed by atoms with Gasteiger partial charge in [-0.2, -0.15) is 0 Å². The van der Waals surface area contributed by atoms with Crippen LogP contribution in [0.15, 0.2) is 58.6 Å². The fourth-order valence-electron chi connectivity index (χ4n) is 4.06. The smallest absolute Gasteiger partial charge is 0.267 e. The average Bonchev–Trinajstić information content (AvgIpc) is 3.11. The van der Waals surface area contributed by atoms with Gasteiger partial charge in [-0.25, -0.2) is 14.5 Å². The van der Waals surface area contributed by atoms with Crippen LogP contribution in [0, 0.1) is 20.8 Å². The van der Waals surface area contributed by atoms with Gasteiger partial charge in [0, 0.05) is 43.4 Å². The van der Waals surface area contributed by atoms with E-state index in [2.05, 4.69) is 9.55 Å². The number of benzene rings is 1. The van der Waals surface area contributed by atoms with Crippen LogP contribution in [0.1, 0.15) is 33.7 Å². The van der Waals surface area contributed by atoms with Crippen LogP contribution in [0.4, 0.5) is 0 Å². The van der Waals surface area contributed by atoms with Crippen molar-refractivity contribution >= 4 is 28.4 Å². The third-order valence-electron chi connectivity index (χ3n) is 5.81. The van der Waals surface area contributed by atoms with Crippen LogP contribution in [-0.4, -0.2) is 44.4 Å². The van der Waals surface area contributed by atoms with Crippen LogP contribution in [0.3, 0.4) is 0 Å². The highest BCUT2D eigenvalue weighted by atomic mass is 32.2. The number of nitrogens with zero attached hydrogens (tertiary/aromatic N) is 4. The number of Topliss-reactive ketones (excluding diaryl/α,β-unsaturated/α-hetero) is 1. The summed E-state index contributed by atoms with van der Waals surface area (Å²) < 4.78 is 8.81. The number of carbonyl (C=O) groups excluding carboxylic acids is 1.